The van der Waals surface area contributed by atoms with E-state index in [1.165, 1.54) is 18.2 Å². The van der Waals surface area contributed by atoms with E-state index in [0.29, 0.717) is 11.1 Å². The Bertz CT molecular complexity index is 684. The average Bonchev–Trinajstić information content (AvgIpc) is 2.48. The molecule has 0 aliphatic carbocycles. The molecule has 0 unspecified atom stereocenters. The standard InChI is InChI=1S/C15H13FN2O3/c1-10-3-2-4-13(14(10)16)15(19)17-9-11-5-7-12(8-6-11)18(20)21/h2-8H,9H2,1H3,(H,17,19). The molecule has 0 fully saturated rings. The van der Waals surface area contributed by atoms with E-state index in [-0.39, 0.29) is 17.8 Å². The van der Waals surface area contributed by atoms with Gasteiger partial charge < -0.3 is 5.32 Å². The van der Waals surface area contributed by atoms with Gasteiger partial charge in [-0.15, -0.1) is 0 Å². The van der Waals surface area contributed by atoms with Crippen LogP contribution in [0.3, 0.4) is 0 Å². The van der Waals surface area contributed by atoms with Crippen molar-refractivity contribution < 1.29 is 14.1 Å². The van der Waals surface area contributed by atoms with Crippen LogP contribution in [0.1, 0.15) is 21.5 Å². The molecule has 0 bridgehead atoms. The van der Waals surface area contributed by atoms with Gasteiger partial charge in [0.15, 0.2) is 0 Å². The number of hydrogen-bond donors (Lipinski definition) is 1. The largest absolute Gasteiger partial charge is 0.348 e. The zero-order chi connectivity index (χ0) is 15.4. The van der Waals surface area contributed by atoms with Crippen LogP contribution in [-0.2, 0) is 6.54 Å². The Morgan fingerprint density at radius 1 is 1.24 bits per heavy atom. The Morgan fingerprint density at radius 2 is 1.90 bits per heavy atom. The van der Waals surface area contributed by atoms with Gasteiger partial charge in [0.25, 0.3) is 11.6 Å². The molecule has 0 saturated carbocycles. The van der Waals surface area contributed by atoms with Crippen molar-refractivity contribution in [3.8, 4) is 0 Å². The number of rotatable bonds is 4. The quantitative estimate of drug-likeness (QED) is 0.694. The molecular weight excluding hydrogens is 275 g/mol. The van der Waals surface area contributed by atoms with E-state index < -0.39 is 16.6 Å². The first-order valence-electron chi connectivity index (χ1n) is 6.25. The predicted octanol–water partition coefficient (Wildman–Crippen LogP) is 2.97. The van der Waals surface area contributed by atoms with Crippen molar-refractivity contribution in [2.24, 2.45) is 0 Å². The average molecular weight is 288 g/mol. The second kappa shape index (κ2) is 6.13. The normalized spacial score (nSPS) is 10.2. The number of hydrogen-bond acceptors (Lipinski definition) is 3. The van der Waals surface area contributed by atoms with E-state index >= 15 is 0 Å². The van der Waals surface area contributed by atoms with Crippen LogP contribution >= 0.6 is 0 Å². The zero-order valence-corrected chi connectivity index (χ0v) is 11.3. The molecular formula is C15H13FN2O3. The molecule has 0 saturated heterocycles. The summed E-state index contributed by atoms with van der Waals surface area (Å²) in [6.45, 7) is 1.76. The lowest BCUT2D eigenvalue weighted by Gasteiger charge is -2.07. The monoisotopic (exact) mass is 288 g/mol. The third-order valence-corrected chi connectivity index (χ3v) is 3.04. The lowest BCUT2D eigenvalue weighted by Crippen LogP contribution is -2.24. The van der Waals surface area contributed by atoms with E-state index in [4.69, 9.17) is 0 Å². The molecule has 2 aromatic carbocycles. The number of amides is 1. The fourth-order valence-electron chi connectivity index (χ4n) is 1.84. The summed E-state index contributed by atoms with van der Waals surface area (Å²) in [6.07, 6.45) is 0. The number of nitrogens with zero attached hydrogens (tertiary/aromatic N) is 1. The Morgan fingerprint density at radius 3 is 2.52 bits per heavy atom. The molecule has 0 aliphatic heterocycles. The summed E-state index contributed by atoms with van der Waals surface area (Å²) in [4.78, 5) is 21.9. The summed E-state index contributed by atoms with van der Waals surface area (Å²) < 4.78 is 13.8. The summed E-state index contributed by atoms with van der Waals surface area (Å²) in [6, 6.07) is 10.4. The summed E-state index contributed by atoms with van der Waals surface area (Å²) in [7, 11) is 0. The van der Waals surface area contributed by atoms with Crippen LogP contribution in [0.2, 0.25) is 0 Å². The van der Waals surface area contributed by atoms with Crippen molar-refractivity contribution in [1.82, 2.24) is 5.32 Å². The number of nitro groups is 1. The molecule has 0 atom stereocenters. The van der Waals surface area contributed by atoms with Crippen molar-refractivity contribution in [3.63, 3.8) is 0 Å². The summed E-state index contributed by atoms with van der Waals surface area (Å²) >= 11 is 0. The van der Waals surface area contributed by atoms with Gasteiger partial charge in [0.2, 0.25) is 0 Å². The number of carbonyl (C=O) groups excluding carboxylic acids is 1. The van der Waals surface area contributed by atoms with Crippen LogP contribution in [0.15, 0.2) is 42.5 Å². The topological polar surface area (TPSA) is 72.2 Å². The molecule has 5 nitrogen and oxygen atoms in total. The van der Waals surface area contributed by atoms with Gasteiger partial charge in [-0.05, 0) is 24.1 Å². The highest BCUT2D eigenvalue weighted by Gasteiger charge is 2.12. The van der Waals surface area contributed by atoms with Gasteiger partial charge in [-0.1, -0.05) is 24.3 Å². The smallest absolute Gasteiger partial charge is 0.269 e. The fourth-order valence-corrected chi connectivity index (χ4v) is 1.84. The molecule has 1 N–H and O–H groups in total. The van der Waals surface area contributed by atoms with Crippen molar-refractivity contribution >= 4 is 11.6 Å². The Labute approximate surface area is 120 Å². The maximum Gasteiger partial charge on any atom is 0.269 e. The van der Waals surface area contributed by atoms with Crippen LogP contribution in [0.25, 0.3) is 0 Å². The van der Waals surface area contributed by atoms with E-state index in [2.05, 4.69) is 5.32 Å². The number of nitro benzene ring substituents is 1. The molecule has 0 radical (unpaired) electrons. The molecule has 21 heavy (non-hydrogen) atoms. The Hall–Kier alpha value is -2.76. The minimum Gasteiger partial charge on any atom is -0.348 e. The SMILES string of the molecule is Cc1cccc(C(=O)NCc2ccc([N+](=O)[O-])cc2)c1F. The molecule has 0 spiro atoms. The van der Waals surface area contributed by atoms with Gasteiger partial charge in [-0.3, -0.25) is 14.9 Å². The first kappa shape index (κ1) is 14.6. The third-order valence-electron chi connectivity index (χ3n) is 3.04. The van der Waals surface area contributed by atoms with Crippen LogP contribution in [0.5, 0.6) is 0 Å². The summed E-state index contributed by atoms with van der Waals surface area (Å²) in [5, 5.41) is 13.1. The Kier molecular flexibility index (Phi) is 4.27. The van der Waals surface area contributed by atoms with Gasteiger partial charge in [0, 0.05) is 18.7 Å². The highest BCUT2D eigenvalue weighted by atomic mass is 19.1. The number of benzene rings is 2. The van der Waals surface area contributed by atoms with Gasteiger partial charge in [0.05, 0.1) is 10.5 Å². The summed E-state index contributed by atoms with van der Waals surface area (Å²) in [5.74, 6) is -1.06. The molecule has 0 aliphatic rings. The minimum absolute atomic E-state index is 0.0167. The molecule has 0 aromatic heterocycles. The van der Waals surface area contributed by atoms with E-state index in [1.54, 1.807) is 31.2 Å². The number of aryl methyl sites for hydroxylation is 1. The van der Waals surface area contributed by atoms with Gasteiger partial charge in [0.1, 0.15) is 5.82 Å². The van der Waals surface area contributed by atoms with E-state index in [1.807, 2.05) is 0 Å². The lowest BCUT2D eigenvalue weighted by atomic mass is 10.1. The second-order valence-electron chi connectivity index (χ2n) is 4.54. The van der Waals surface area contributed by atoms with Crippen molar-refractivity contribution in [3.05, 3.63) is 75.1 Å². The maximum absolute atomic E-state index is 13.8. The second-order valence-corrected chi connectivity index (χ2v) is 4.54. The highest BCUT2D eigenvalue weighted by Crippen LogP contribution is 2.13. The van der Waals surface area contributed by atoms with Crippen molar-refractivity contribution in [2.45, 2.75) is 13.5 Å². The van der Waals surface area contributed by atoms with Crippen LogP contribution in [-0.4, -0.2) is 10.8 Å². The third kappa shape index (κ3) is 3.42. The van der Waals surface area contributed by atoms with E-state index in [9.17, 15) is 19.3 Å². The lowest BCUT2D eigenvalue weighted by molar-refractivity contribution is -0.384. The van der Waals surface area contributed by atoms with Gasteiger partial charge >= 0.3 is 0 Å². The fraction of sp³-hybridized carbons (Fsp3) is 0.133. The summed E-state index contributed by atoms with van der Waals surface area (Å²) in [5.41, 5.74) is 1.06. The zero-order valence-electron chi connectivity index (χ0n) is 11.3. The number of carbonyl (C=O) groups is 1. The van der Waals surface area contributed by atoms with Crippen LogP contribution in [0, 0.1) is 22.9 Å². The first-order chi connectivity index (χ1) is 9.99. The molecule has 0 heterocycles. The van der Waals surface area contributed by atoms with Crippen LogP contribution < -0.4 is 5.32 Å². The number of non-ortho nitro benzene ring substituents is 1. The molecule has 1 amide bonds. The predicted molar refractivity (Wildman–Crippen MR) is 75.4 cm³/mol. The van der Waals surface area contributed by atoms with E-state index in [0.717, 1.165) is 0 Å². The van der Waals surface area contributed by atoms with Crippen molar-refractivity contribution in [2.75, 3.05) is 0 Å². The molecule has 2 aromatic rings. The highest BCUT2D eigenvalue weighted by molar-refractivity contribution is 5.94. The molecule has 108 valence electrons. The van der Waals surface area contributed by atoms with Gasteiger partial charge in [-0.25, -0.2) is 4.39 Å². The maximum atomic E-state index is 13.8. The number of nitrogens with one attached hydrogen (secondary N) is 1. The van der Waals surface area contributed by atoms with Crippen LogP contribution in [0.4, 0.5) is 10.1 Å². The molecule has 6 heteroatoms. The first-order valence-corrected chi connectivity index (χ1v) is 6.25. The van der Waals surface area contributed by atoms with Crippen molar-refractivity contribution in [1.29, 1.82) is 0 Å². The minimum atomic E-state index is -0.543. The Balaban J connectivity index is 2.04. The van der Waals surface area contributed by atoms with Gasteiger partial charge in [-0.2, -0.15) is 0 Å². The number of halogens is 1. The molecule has 2 rings (SSSR count).